The molecule has 20 heavy (non-hydrogen) atoms. The van der Waals surface area contributed by atoms with Crippen molar-refractivity contribution in [1.82, 2.24) is 5.32 Å². The molecule has 2 atom stereocenters. The van der Waals surface area contributed by atoms with Crippen LogP contribution in [-0.4, -0.2) is 18.8 Å². The Morgan fingerprint density at radius 1 is 1.15 bits per heavy atom. The van der Waals surface area contributed by atoms with Crippen molar-refractivity contribution in [2.24, 2.45) is 5.92 Å². The number of hydrogen-bond donors (Lipinski definition) is 1. The smallest absolute Gasteiger partial charge is 0.313 e. The van der Waals surface area contributed by atoms with Gasteiger partial charge in [0, 0.05) is 12.6 Å². The molecule has 2 unspecified atom stereocenters. The van der Waals surface area contributed by atoms with Crippen LogP contribution in [0, 0.1) is 5.92 Å². The Morgan fingerprint density at radius 2 is 1.80 bits per heavy atom. The van der Waals surface area contributed by atoms with Crippen molar-refractivity contribution in [2.75, 3.05) is 6.54 Å². The Bertz CT molecular complexity index is 414. The quantitative estimate of drug-likeness (QED) is 0.874. The van der Waals surface area contributed by atoms with Crippen LogP contribution in [0.2, 0.25) is 0 Å². The largest absolute Gasteiger partial charge is 0.393 e. The fourth-order valence-electron chi connectivity index (χ4n) is 2.69. The first kappa shape index (κ1) is 15.4. The summed E-state index contributed by atoms with van der Waals surface area (Å²) in [7, 11) is 0. The lowest BCUT2D eigenvalue weighted by molar-refractivity contribution is -0.179. The SMILES string of the molecule is CC(C)c1ccc(CC2CCC(C(F)(F)F)CN2)cc1. The molecule has 2 rings (SSSR count). The average molecular weight is 285 g/mol. The highest BCUT2D eigenvalue weighted by Gasteiger charge is 2.41. The van der Waals surface area contributed by atoms with E-state index in [0.717, 1.165) is 6.42 Å². The molecule has 112 valence electrons. The summed E-state index contributed by atoms with van der Waals surface area (Å²) in [6.07, 6.45) is -2.42. The second kappa shape index (κ2) is 6.17. The number of nitrogens with one attached hydrogen (secondary N) is 1. The molecule has 1 aliphatic rings. The van der Waals surface area contributed by atoms with Gasteiger partial charge >= 0.3 is 6.18 Å². The maximum Gasteiger partial charge on any atom is 0.393 e. The summed E-state index contributed by atoms with van der Waals surface area (Å²) in [6, 6.07) is 8.57. The predicted octanol–water partition coefficient (Wildman–Crippen LogP) is 4.28. The lowest BCUT2D eigenvalue weighted by atomic mass is 9.90. The predicted molar refractivity (Wildman–Crippen MR) is 74.8 cm³/mol. The minimum absolute atomic E-state index is 0.0538. The minimum atomic E-state index is -4.06. The number of hydrogen-bond acceptors (Lipinski definition) is 1. The topological polar surface area (TPSA) is 12.0 Å². The summed E-state index contributed by atoms with van der Waals surface area (Å²) >= 11 is 0. The molecule has 0 amide bonds. The third-order valence-electron chi connectivity index (χ3n) is 4.11. The Morgan fingerprint density at radius 3 is 2.25 bits per heavy atom. The zero-order chi connectivity index (χ0) is 14.8. The summed E-state index contributed by atoms with van der Waals surface area (Å²) in [5.74, 6) is -0.675. The van der Waals surface area contributed by atoms with E-state index in [0.29, 0.717) is 12.3 Å². The maximum atomic E-state index is 12.6. The van der Waals surface area contributed by atoms with E-state index in [1.54, 1.807) is 0 Å². The molecular formula is C16H22F3N. The van der Waals surface area contributed by atoms with Crippen LogP contribution in [0.15, 0.2) is 24.3 Å². The molecule has 0 spiro atoms. The van der Waals surface area contributed by atoms with E-state index in [-0.39, 0.29) is 19.0 Å². The van der Waals surface area contributed by atoms with E-state index in [1.807, 2.05) is 0 Å². The number of rotatable bonds is 3. The Hall–Kier alpha value is -1.03. The monoisotopic (exact) mass is 285 g/mol. The maximum absolute atomic E-state index is 12.6. The van der Waals surface area contributed by atoms with Crippen molar-refractivity contribution in [2.45, 2.75) is 51.2 Å². The van der Waals surface area contributed by atoms with Crippen LogP contribution in [-0.2, 0) is 6.42 Å². The van der Waals surface area contributed by atoms with Gasteiger partial charge in [-0.15, -0.1) is 0 Å². The summed E-state index contributed by atoms with van der Waals surface area (Å²) in [5.41, 5.74) is 2.49. The molecule has 1 aromatic carbocycles. The van der Waals surface area contributed by atoms with Crippen LogP contribution < -0.4 is 5.32 Å². The van der Waals surface area contributed by atoms with Crippen LogP contribution in [0.4, 0.5) is 13.2 Å². The Labute approximate surface area is 118 Å². The number of benzene rings is 1. The highest BCUT2D eigenvalue weighted by atomic mass is 19.4. The van der Waals surface area contributed by atoms with E-state index < -0.39 is 12.1 Å². The second-order valence-electron chi connectivity index (χ2n) is 6.02. The fraction of sp³-hybridized carbons (Fsp3) is 0.625. The van der Waals surface area contributed by atoms with Crippen molar-refractivity contribution in [3.63, 3.8) is 0 Å². The number of alkyl halides is 3. The second-order valence-corrected chi connectivity index (χ2v) is 6.02. The van der Waals surface area contributed by atoms with Crippen molar-refractivity contribution in [3.05, 3.63) is 35.4 Å². The normalized spacial score (nSPS) is 24.1. The standard InChI is InChI=1S/C16H22F3N/c1-11(2)13-5-3-12(4-6-13)9-15-8-7-14(10-20-15)16(17,18)19/h3-6,11,14-15,20H,7-10H2,1-2H3. The minimum Gasteiger partial charge on any atom is -0.313 e. The summed E-state index contributed by atoms with van der Waals surface area (Å²) in [6.45, 7) is 4.35. The zero-order valence-electron chi connectivity index (χ0n) is 12.0. The number of piperidine rings is 1. The van der Waals surface area contributed by atoms with Gasteiger partial charge in [0.25, 0.3) is 0 Å². The van der Waals surface area contributed by atoms with Crippen LogP contribution >= 0.6 is 0 Å². The van der Waals surface area contributed by atoms with Crippen LogP contribution in [0.25, 0.3) is 0 Å². The Kier molecular flexibility index (Phi) is 4.74. The van der Waals surface area contributed by atoms with Gasteiger partial charge in [-0.25, -0.2) is 0 Å². The molecule has 0 aromatic heterocycles. The van der Waals surface area contributed by atoms with Gasteiger partial charge in [-0.1, -0.05) is 38.1 Å². The first-order valence-corrected chi connectivity index (χ1v) is 7.25. The van der Waals surface area contributed by atoms with E-state index >= 15 is 0 Å². The Balaban J connectivity index is 1.86. The first-order valence-electron chi connectivity index (χ1n) is 7.25. The fourth-order valence-corrected chi connectivity index (χ4v) is 2.69. The molecule has 0 bridgehead atoms. The van der Waals surface area contributed by atoms with E-state index in [4.69, 9.17) is 0 Å². The van der Waals surface area contributed by atoms with E-state index in [9.17, 15) is 13.2 Å². The lowest BCUT2D eigenvalue weighted by Gasteiger charge is -2.31. The molecule has 1 nitrogen and oxygen atoms in total. The van der Waals surface area contributed by atoms with Gasteiger partial charge in [-0.05, 0) is 36.3 Å². The molecule has 1 aliphatic heterocycles. The van der Waals surface area contributed by atoms with Crippen molar-refractivity contribution < 1.29 is 13.2 Å². The van der Waals surface area contributed by atoms with Crippen LogP contribution in [0.5, 0.6) is 0 Å². The molecule has 0 aliphatic carbocycles. The van der Waals surface area contributed by atoms with Gasteiger partial charge in [0.15, 0.2) is 0 Å². The van der Waals surface area contributed by atoms with Crippen LogP contribution in [0.3, 0.4) is 0 Å². The summed E-state index contributed by atoms with van der Waals surface area (Å²) in [4.78, 5) is 0. The van der Waals surface area contributed by atoms with Crippen LogP contribution in [0.1, 0.15) is 43.7 Å². The molecular weight excluding hydrogens is 263 g/mol. The van der Waals surface area contributed by atoms with Gasteiger partial charge in [-0.3, -0.25) is 0 Å². The van der Waals surface area contributed by atoms with Gasteiger partial charge in [0.2, 0.25) is 0 Å². The molecule has 1 aromatic rings. The van der Waals surface area contributed by atoms with Gasteiger partial charge in [-0.2, -0.15) is 13.2 Å². The highest BCUT2D eigenvalue weighted by Crippen LogP contribution is 2.32. The van der Waals surface area contributed by atoms with Crippen molar-refractivity contribution in [3.8, 4) is 0 Å². The molecule has 4 heteroatoms. The van der Waals surface area contributed by atoms with E-state index in [2.05, 4.69) is 43.4 Å². The zero-order valence-corrected chi connectivity index (χ0v) is 12.0. The molecule has 1 N–H and O–H groups in total. The molecule has 1 heterocycles. The summed E-state index contributed by atoms with van der Waals surface area (Å²) < 4.78 is 37.7. The van der Waals surface area contributed by atoms with Crippen molar-refractivity contribution in [1.29, 1.82) is 0 Å². The molecule has 0 saturated carbocycles. The average Bonchev–Trinajstić information content (AvgIpc) is 2.39. The lowest BCUT2D eigenvalue weighted by Crippen LogP contribution is -2.45. The number of halogens is 3. The van der Waals surface area contributed by atoms with Gasteiger partial charge in [0.1, 0.15) is 0 Å². The third-order valence-corrected chi connectivity index (χ3v) is 4.11. The van der Waals surface area contributed by atoms with Gasteiger partial charge in [0.05, 0.1) is 5.92 Å². The molecule has 0 radical (unpaired) electrons. The highest BCUT2D eigenvalue weighted by molar-refractivity contribution is 5.25. The first-order chi connectivity index (χ1) is 9.36. The summed E-state index contributed by atoms with van der Waals surface area (Å²) in [5, 5.41) is 3.04. The molecule has 1 fully saturated rings. The molecule has 1 saturated heterocycles. The third kappa shape index (κ3) is 3.98. The van der Waals surface area contributed by atoms with Crippen molar-refractivity contribution >= 4 is 0 Å². The van der Waals surface area contributed by atoms with E-state index in [1.165, 1.54) is 11.1 Å². The van der Waals surface area contributed by atoms with Gasteiger partial charge < -0.3 is 5.32 Å².